The van der Waals surface area contributed by atoms with Gasteiger partial charge in [-0.2, -0.15) is 0 Å². The molecule has 0 bridgehead atoms. The van der Waals surface area contributed by atoms with Crippen molar-refractivity contribution in [1.29, 1.82) is 0 Å². The third kappa shape index (κ3) is 4.50. The molecule has 2 rings (SSSR count). The van der Waals surface area contributed by atoms with E-state index in [9.17, 15) is 13.6 Å². The Morgan fingerprint density at radius 1 is 1.35 bits per heavy atom. The fourth-order valence-corrected chi connectivity index (χ4v) is 2.56. The predicted octanol–water partition coefficient (Wildman–Crippen LogP) is 4.45. The summed E-state index contributed by atoms with van der Waals surface area (Å²) in [5.41, 5.74) is 1.34. The van der Waals surface area contributed by atoms with Crippen LogP contribution in [0.3, 0.4) is 0 Å². The van der Waals surface area contributed by atoms with Gasteiger partial charge in [0.15, 0.2) is 5.82 Å². The van der Waals surface area contributed by atoms with Crippen molar-refractivity contribution >= 4 is 16.9 Å². The molecule has 0 saturated carbocycles. The number of hydrogen-bond acceptors (Lipinski definition) is 2. The van der Waals surface area contributed by atoms with Crippen LogP contribution in [-0.4, -0.2) is 22.4 Å². The molecule has 0 fully saturated rings. The fourth-order valence-electron chi connectivity index (χ4n) is 2.56. The summed E-state index contributed by atoms with van der Waals surface area (Å²) in [4.78, 5) is 18.6. The lowest BCUT2D eigenvalue weighted by molar-refractivity contribution is 0.0946. The van der Waals surface area contributed by atoms with Gasteiger partial charge in [-0.25, -0.2) is 13.8 Å². The van der Waals surface area contributed by atoms with Crippen LogP contribution in [0.25, 0.3) is 11.0 Å². The third-order valence-corrected chi connectivity index (χ3v) is 4.06. The Morgan fingerprint density at radius 2 is 2.13 bits per heavy atom. The molecule has 6 heteroatoms. The van der Waals surface area contributed by atoms with Crippen LogP contribution in [0.5, 0.6) is 0 Å². The van der Waals surface area contributed by atoms with Gasteiger partial charge in [0.2, 0.25) is 0 Å². The topological polar surface area (TPSA) is 57.8 Å². The molecule has 1 atom stereocenters. The second-order valence-corrected chi connectivity index (χ2v) is 5.78. The highest BCUT2D eigenvalue weighted by Crippen LogP contribution is 2.20. The van der Waals surface area contributed by atoms with E-state index in [1.54, 1.807) is 18.2 Å². The van der Waals surface area contributed by atoms with E-state index in [2.05, 4.69) is 29.1 Å². The Hall–Kier alpha value is -1.98. The van der Waals surface area contributed by atoms with Crippen molar-refractivity contribution in [3.05, 3.63) is 29.6 Å². The number of H-pyrrole nitrogens is 1. The Morgan fingerprint density at radius 3 is 2.78 bits per heavy atom. The van der Waals surface area contributed by atoms with Gasteiger partial charge >= 0.3 is 0 Å². The molecule has 1 aromatic carbocycles. The number of hydrogen-bond donors (Lipinski definition) is 2. The molecule has 0 saturated heterocycles. The largest absolute Gasteiger partial charge is 0.352 e. The van der Waals surface area contributed by atoms with Gasteiger partial charge in [0.05, 0.1) is 11.0 Å². The zero-order valence-corrected chi connectivity index (χ0v) is 13.5. The second kappa shape index (κ2) is 8.04. The van der Waals surface area contributed by atoms with Crippen LogP contribution in [0.4, 0.5) is 8.78 Å². The number of fused-ring (bicyclic) bond motifs is 1. The molecule has 1 amide bonds. The number of carbonyl (C=O) groups is 1. The number of unbranched alkanes of at least 4 members (excludes halogenated alkanes) is 1. The number of nitrogens with zero attached hydrogens (tertiary/aromatic N) is 1. The number of aromatic nitrogens is 2. The van der Waals surface area contributed by atoms with Crippen LogP contribution < -0.4 is 5.32 Å². The molecule has 2 aromatic rings. The predicted molar refractivity (Wildman–Crippen MR) is 86.7 cm³/mol. The SMILES string of the molecule is CCCCC(CC)CNC(=O)c1ccc2nc(C(F)F)[nH]c2c1. The average Bonchev–Trinajstić information content (AvgIpc) is 2.98. The molecule has 0 aliphatic rings. The highest BCUT2D eigenvalue weighted by molar-refractivity contribution is 5.97. The smallest absolute Gasteiger partial charge is 0.295 e. The minimum absolute atomic E-state index is 0.185. The van der Waals surface area contributed by atoms with E-state index in [1.807, 2.05) is 0 Å². The van der Waals surface area contributed by atoms with Crippen LogP contribution in [-0.2, 0) is 0 Å². The molecular formula is C17H23F2N3O. The zero-order valence-electron chi connectivity index (χ0n) is 13.5. The average molecular weight is 323 g/mol. The normalized spacial score (nSPS) is 12.7. The summed E-state index contributed by atoms with van der Waals surface area (Å²) < 4.78 is 25.3. The maximum Gasteiger partial charge on any atom is 0.295 e. The highest BCUT2D eigenvalue weighted by Gasteiger charge is 2.15. The lowest BCUT2D eigenvalue weighted by Gasteiger charge is -2.15. The van der Waals surface area contributed by atoms with Crippen LogP contribution in [0.15, 0.2) is 18.2 Å². The van der Waals surface area contributed by atoms with Crippen molar-refractivity contribution in [2.45, 2.75) is 46.0 Å². The summed E-state index contributed by atoms with van der Waals surface area (Å²) >= 11 is 0. The number of imidazole rings is 1. The minimum atomic E-state index is -2.65. The summed E-state index contributed by atoms with van der Waals surface area (Å²) in [6, 6.07) is 4.76. The monoisotopic (exact) mass is 323 g/mol. The maximum absolute atomic E-state index is 12.6. The van der Waals surface area contributed by atoms with Gasteiger partial charge in [-0.05, 0) is 30.5 Å². The van der Waals surface area contributed by atoms with Gasteiger partial charge in [0, 0.05) is 12.1 Å². The number of halogens is 2. The van der Waals surface area contributed by atoms with Gasteiger partial charge < -0.3 is 10.3 Å². The summed E-state index contributed by atoms with van der Waals surface area (Å²) in [5.74, 6) is -0.0848. The van der Waals surface area contributed by atoms with Crippen molar-refractivity contribution in [3.63, 3.8) is 0 Å². The first-order valence-electron chi connectivity index (χ1n) is 8.11. The molecule has 0 radical (unpaired) electrons. The number of amides is 1. The van der Waals surface area contributed by atoms with E-state index < -0.39 is 6.43 Å². The summed E-state index contributed by atoms with van der Waals surface area (Å²) in [6.07, 6.45) is 1.78. The number of alkyl halides is 2. The zero-order chi connectivity index (χ0) is 16.8. The first kappa shape index (κ1) is 17.4. The van der Waals surface area contributed by atoms with Gasteiger partial charge in [-0.3, -0.25) is 4.79 Å². The summed E-state index contributed by atoms with van der Waals surface area (Å²) in [5, 5.41) is 2.93. The molecule has 0 aliphatic carbocycles. The maximum atomic E-state index is 12.6. The molecular weight excluding hydrogens is 300 g/mol. The molecule has 1 unspecified atom stereocenters. The number of aromatic amines is 1. The molecule has 23 heavy (non-hydrogen) atoms. The van der Waals surface area contributed by atoms with E-state index >= 15 is 0 Å². The lowest BCUT2D eigenvalue weighted by atomic mass is 9.99. The minimum Gasteiger partial charge on any atom is -0.352 e. The lowest BCUT2D eigenvalue weighted by Crippen LogP contribution is -2.29. The van der Waals surface area contributed by atoms with E-state index in [-0.39, 0.29) is 11.7 Å². The standard InChI is InChI=1S/C17H23F2N3O/c1-3-5-6-11(4-2)10-20-17(23)12-7-8-13-14(9-12)22-16(21-13)15(18)19/h7-9,11,15H,3-6,10H2,1-2H3,(H,20,23)(H,21,22). The number of rotatable bonds is 8. The van der Waals surface area contributed by atoms with Crippen molar-refractivity contribution in [2.75, 3.05) is 6.54 Å². The first-order valence-corrected chi connectivity index (χ1v) is 8.11. The molecule has 126 valence electrons. The third-order valence-electron chi connectivity index (χ3n) is 4.06. The first-order chi connectivity index (χ1) is 11.0. The van der Waals surface area contributed by atoms with Crippen molar-refractivity contribution in [3.8, 4) is 0 Å². The number of carbonyl (C=O) groups excluding carboxylic acids is 1. The van der Waals surface area contributed by atoms with Gasteiger partial charge in [0.25, 0.3) is 12.3 Å². The Labute approximate surface area is 134 Å². The van der Waals surface area contributed by atoms with Crippen LogP contribution in [0.2, 0.25) is 0 Å². The van der Waals surface area contributed by atoms with E-state index in [0.717, 1.165) is 25.7 Å². The Balaban J connectivity index is 2.02. The Bertz CT molecular complexity index is 654. The van der Waals surface area contributed by atoms with Crippen molar-refractivity contribution < 1.29 is 13.6 Å². The molecule has 0 aliphatic heterocycles. The molecule has 0 spiro atoms. The Kier molecular flexibility index (Phi) is 6.07. The molecule has 2 N–H and O–H groups in total. The van der Waals surface area contributed by atoms with E-state index in [1.165, 1.54) is 0 Å². The van der Waals surface area contributed by atoms with E-state index in [4.69, 9.17) is 0 Å². The number of benzene rings is 1. The fraction of sp³-hybridized carbons (Fsp3) is 0.529. The van der Waals surface area contributed by atoms with Gasteiger partial charge in [0.1, 0.15) is 0 Å². The molecule has 4 nitrogen and oxygen atoms in total. The quantitative estimate of drug-likeness (QED) is 0.754. The summed E-state index contributed by atoms with van der Waals surface area (Å²) in [6.45, 7) is 4.91. The van der Waals surface area contributed by atoms with Crippen LogP contribution >= 0.6 is 0 Å². The van der Waals surface area contributed by atoms with Crippen molar-refractivity contribution in [2.24, 2.45) is 5.92 Å². The van der Waals surface area contributed by atoms with Crippen LogP contribution in [0.1, 0.15) is 62.1 Å². The summed E-state index contributed by atoms with van der Waals surface area (Å²) in [7, 11) is 0. The van der Waals surface area contributed by atoms with Crippen LogP contribution in [0, 0.1) is 5.92 Å². The highest BCUT2D eigenvalue weighted by atomic mass is 19.3. The molecule has 1 heterocycles. The number of nitrogens with one attached hydrogen (secondary N) is 2. The van der Waals surface area contributed by atoms with Gasteiger partial charge in [-0.15, -0.1) is 0 Å². The van der Waals surface area contributed by atoms with E-state index in [0.29, 0.717) is 29.1 Å². The molecule has 1 aromatic heterocycles. The second-order valence-electron chi connectivity index (χ2n) is 5.78. The van der Waals surface area contributed by atoms with Crippen molar-refractivity contribution in [1.82, 2.24) is 15.3 Å². The van der Waals surface area contributed by atoms with Gasteiger partial charge in [-0.1, -0.05) is 33.1 Å².